The van der Waals surface area contributed by atoms with Crippen molar-refractivity contribution in [3.8, 4) is 52.4 Å². The van der Waals surface area contributed by atoms with Gasteiger partial charge in [0.05, 0.1) is 175 Å². The number of aromatic nitrogens is 15. The number of pyridine rings is 3. The van der Waals surface area contributed by atoms with Gasteiger partial charge in [-0.2, -0.15) is 72.7 Å². The van der Waals surface area contributed by atoms with E-state index >= 15 is 0 Å². The molecule has 3 fully saturated rings. The molecule has 12 aromatic rings. The van der Waals surface area contributed by atoms with Gasteiger partial charge in [-0.3, -0.25) is 29.3 Å². The summed E-state index contributed by atoms with van der Waals surface area (Å²) in [5, 5.41) is 99.6. The Hall–Kier alpha value is -13.3. The number of halogens is 9. The van der Waals surface area contributed by atoms with Crippen molar-refractivity contribution in [3.63, 3.8) is 0 Å². The summed E-state index contributed by atoms with van der Waals surface area (Å²) in [6, 6.07) is 27.4. The van der Waals surface area contributed by atoms with Crippen molar-refractivity contribution in [1.29, 1.82) is 15.8 Å². The van der Waals surface area contributed by atoms with Crippen LogP contribution in [-0.2, 0) is 0 Å². The quantitative estimate of drug-likeness (QED) is 0.0216. The number of hydrogen-bond donors (Lipinski definition) is 9. The molecular formula is C87H93F9N24O6. The zero-order chi connectivity index (χ0) is 90.1. The first-order chi connectivity index (χ1) is 60.1. The van der Waals surface area contributed by atoms with E-state index in [-0.39, 0.29) is 72.2 Å². The third-order valence-corrected chi connectivity index (χ3v) is 22.9. The Morgan fingerprint density at radius 2 is 0.635 bits per heavy atom. The number of anilines is 3. The number of fused-ring (bicyclic) bond motifs is 3. The number of alkyl halides is 9. The molecule has 39 heteroatoms. The van der Waals surface area contributed by atoms with Crippen LogP contribution < -0.4 is 31.9 Å². The molecule has 0 aromatic carbocycles. The van der Waals surface area contributed by atoms with Crippen LogP contribution in [0.5, 0.6) is 0 Å². The Bertz CT molecular complexity index is 5410. The molecule has 12 aromatic heterocycles. The summed E-state index contributed by atoms with van der Waals surface area (Å²) in [7, 11) is 0. The molecule has 0 radical (unpaired) electrons. The number of amides is 3. The van der Waals surface area contributed by atoms with Crippen LogP contribution in [0, 0.1) is 34.0 Å². The molecular weight excluding hydrogens is 1650 g/mol. The molecule has 15 rings (SSSR count). The highest BCUT2D eigenvalue weighted by atomic mass is 19.3. The Labute approximate surface area is 716 Å². The molecule has 0 aliphatic heterocycles. The van der Waals surface area contributed by atoms with Crippen molar-refractivity contribution < 1.29 is 69.2 Å². The van der Waals surface area contributed by atoms with Gasteiger partial charge in [-0.05, 0) is 226 Å². The second-order valence-corrected chi connectivity index (χ2v) is 33.2. The van der Waals surface area contributed by atoms with Crippen LogP contribution >= 0.6 is 0 Å². The van der Waals surface area contributed by atoms with Crippen molar-refractivity contribution in [2.24, 2.45) is 0 Å². The summed E-state index contributed by atoms with van der Waals surface area (Å²) in [5.74, 6) is -1.33. The van der Waals surface area contributed by atoms with E-state index in [1.54, 1.807) is 49.9 Å². The number of carbonyl (C=O) groups is 3. The fraction of sp³-hybridized carbons (Fsp3) is 0.414. The van der Waals surface area contributed by atoms with E-state index in [9.17, 15) is 85.0 Å². The monoisotopic (exact) mass is 1740 g/mol. The zero-order valence-corrected chi connectivity index (χ0v) is 69.4. The van der Waals surface area contributed by atoms with Gasteiger partial charge in [0.1, 0.15) is 36.7 Å². The lowest BCUT2D eigenvalue weighted by Crippen LogP contribution is -2.42. The zero-order valence-electron chi connectivity index (χ0n) is 69.4. The van der Waals surface area contributed by atoms with Crippen molar-refractivity contribution in [2.45, 2.75) is 209 Å². The summed E-state index contributed by atoms with van der Waals surface area (Å²) >= 11 is 0. The molecule has 0 spiro atoms. The fourth-order valence-corrected chi connectivity index (χ4v) is 15.4. The van der Waals surface area contributed by atoms with Crippen molar-refractivity contribution in [2.75, 3.05) is 35.6 Å². The molecule has 0 unspecified atom stereocenters. The van der Waals surface area contributed by atoms with Gasteiger partial charge in [0, 0.05) is 55.3 Å². The predicted octanol–water partition coefficient (Wildman–Crippen LogP) is 14.5. The third-order valence-electron chi connectivity index (χ3n) is 22.9. The highest BCUT2D eigenvalue weighted by molar-refractivity contribution is 6.01. The van der Waals surface area contributed by atoms with E-state index in [0.717, 1.165) is 93.7 Å². The van der Waals surface area contributed by atoms with Gasteiger partial charge < -0.3 is 47.2 Å². The molecule has 9 N–H and O–H groups in total. The first-order valence-corrected chi connectivity index (χ1v) is 40.9. The van der Waals surface area contributed by atoms with Gasteiger partial charge in [0.15, 0.2) is 0 Å². The summed E-state index contributed by atoms with van der Waals surface area (Å²) in [5.41, 5.74) is 6.50. The van der Waals surface area contributed by atoms with Crippen molar-refractivity contribution >= 4 is 51.3 Å². The largest absolute Gasteiger partial charge is 0.387 e. The first-order valence-electron chi connectivity index (χ1n) is 40.9. The lowest BCUT2D eigenvalue weighted by molar-refractivity contribution is -0.00209. The van der Waals surface area contributed by atoms with Gasteiger partial charge in [0.25, 0.3) is 17.7 Å². The lowest BCUT2D eigenvalue weighted by Gasteiger charge is -2.30. The maximum Gasteiger partial charge on any atom is 0.333 e. The average Bonchev–Trinajstić information content (AvgIpc) is 1.60. The minimum atomic E-state index is -2.68. The number of hydrogen-bond acceptors (Lipinski definition) is 21. The average molecular weight is 1740 g/mol. The van der Waals surface area contributed by atoms with Crippen LogP contribution in [0.2, 0.25) is 0 Å². The molecule has 126 heavy (non-hydrogen) atoms. The highest BCUT2D eigenvalue weighted by Crippen LogP contribution is 2.40. The van der Waals surface area contributed by atoms with Gasteiger partial charge in [-0.15, -0.1) is 0 Å². The standard InChI is InChI=1S/3C29H31F3N8O2/c3*1-29(2,42)26(30)15-35-27(41)22-14-34-24(25-8-7-21-9-17(11-33)12-37-40(21)25)10-23(22)38-20-5-3-18(4-6-20)19-13-36-39(16-19)28(31)32/h3*7-10,12-14,16,18,20,26,28,42H,3-6,15H2,1-2H3,(H,34,38)(H,35,41)/t3*18?,20?,26-/m111/s1. The van der Waals surface area contributed by atoms with Gasteiger partial charge >= 0.3 is 19.6 Å². The summed E-state index contributed by atoms with van der Waals surface area (Å²) < 4.78 is 128. The second-order valence-electron chi connectivity index (χ2n) is 33.2. The molecule has 3 saturated carbocycles. The van der Waals surface area contributed by atoms with E-state index < -0.39 is 72.7 Å². The number of nitriles is 3. The smallest absolute Gasteiger partial charge is 0.333 e. The number of rotatable bonds is 27. The first kappa shape index (κ1) is 90.4. The number of carbonyl (C=O) groups excluding carboxylic acids is 3. The fourth-order valence-electron chi connectivity index (χ4n) is 15.4. The third kappa shape index (κ3) is 21.7. The van der Waals surface area contributed by atoms with E-state index in [1.807, 2.05) is 36.4 Å². The van der Waals surface area contributed by atoms with Crippen LogP contribution in [0.4, 0.5) is 56.6 Å². The second kappa shape index (κ2) is 38.8. The van der Waals surface area contributed by atoms with E-state index in [0.29, 0.717) is 98.5 Å². The molecule has 3 aliphatic carbocycles. The minimum absolute atomic E-state index is 0.0149. The normalized spacial score (nSPS) is 18.1. The summed E-state index contributed by atoms with van der Waals surface area (Å²) in [6.45, 7) is -1.20. The lowest BCUT2D eigenvalue weighted by atomic mass is 9.83. The van der Waals surface area contributed by atoms with Crippen LogP contribution in [-0.4, -0.2) is 179 Å². The highest BCUT2D eigenvalue weighted by Gasteiger charge is 2.35. The minimum Gasteiger partial charge on any atom is -0.387 e. The molecule has 3 aliphatic rings. The molecule has 0 saturated heterocycles. The Balaban J connectivity index is 0.000000162. The molecule has 3 atom stereocenters. The molecule has 0 bridgehead atoms. The predicted molar refractivity (Wildman–Crippen MR) is 446 cm³/mol. The van der Waals surface area contributed by atoms with Crippen LogP contribution in [0.3, 0.4) is 0 Å². The Kier molecular flexibility index (Phi) is 27.9. The van der Waals surface area contributed by atoms with E-state index in [1.165, 1.54) is 116 Å². The maximum absolute atomic E-state index is 14.4. The van der Waals surface area contributed by atoms with Gasteiger partial charge in [-0.25, -0.2) is 40.8 Å². The number of nitrogens with one attached hydrogen (secondary N) is 6. The molecule has 660 valence electrons. The topological polar surface area (TPSA) is 399 Å². The maximum atomic E-state index is 14.4. The van der Waals surface area contributed by atoms with Crippen molar-refractivity contribution in [3.05, 3.63) is 197 Å². The van der Waals surface area contributed by atoms with Crippen LogP contribution in [0.25, 0.3) is 50.7 Å². The van der Waals surface area contributed by atoms with Crippen LogP contribution in [0.1, 0.15) is 220 Å². The Morgan fingerprint density at radius 1 is 0.381 bits per heavy atom. The molecule has 30 nitrogen and oxygen atoms in total. The Morgan fingerprint density at radius 3 is 0.857 bits per heavy atom. The van der Waals surface area contributed by atoms with Gasteiger partial charge in [0.2, 0.25) is 0 Å². The van der Waals surface area contributed by atoms with E-state index in [4.69, 9.17) is 0 Å². The van der Waals surface area contributed by atoms with Crippen molar-refractivity contribution in [1.82, 2.24) is 89.1 Å². The summed E-state index contributed by atoms with van der Waals surface area (Å²) in [4.78, 5) is 52.9. The number of nitrogens with zero attached hydrogens (tertiary/aromatic N) is 18. The molecule has 12 heterocycles. The SMILES string of the molecule is CC(C)(O)[C@H](F)CNC(=O)c1cnc(-c2ccc3cc(C#N)cnn23)cc1NC1CCC(c2cnn(C(F)F)c2)CC1.CC(C)(O)[C@H](F)CNC(=O)c1cnc(-c2ccc3cc(C#N)cnn23)cc1NC1CCC(c2cnn(C(F)F)c2)CC1.CC(C)(O)[C@H](F)CNC(=O)c1cnc(-c2ccc3cc(C#N)cnn23)cc1NC1CCC(c2cnn(C(F)F)c2)CC1. The summed E-state index contributed by atoms with van der Waals surface area (Å²) in [6.07, 6.45) is 21.0. The van der Waals surface area contributed by atoms with E-state index in [2.05, 4.69) is 95.7 Å². The molecule has 3 amide bonds. The van der Waals surface area contributed by atoms with Crippen LogP contribution in [0.15, 0.2) is 147 Å². The number of aliphatic hydroxyl groups is 3. The van der Waals surface area contributed by atoms with Gasteiger partial charge in [-0.1, -0.05) is 0 Å².